The van der Waals surface area contributed by atoms with Gasteiger partial charge in [-0.3, -0.25) is 4.99 Å². The maximum absolute atomic E-state index is 13.9. The summed E-state index contributed by atoms with van der Waals surface area (Å²) < 4.78 is 16.6. The first-order valence-corrected chi connectivity index (χ1v) is 9.68. The number of nitrogens with zero attached hydrogens (tertiary/aromatic N) is 4. The minimum Gasteiger partial charge on any atom is -0.356 e. The molecule has 0 bridgehead atoms. The summed E-state index contributed by atoms with van der Waals surface area (Å²) in [4.78, 5) is 8.83. The van der Waals surface area contributed by atoms with Crippen molar-refractivity contribution in [3.63, 3.8) is 0 Å². The van der Waals surface area contributed by atoms with E-state index >= 15 is 0 Å². The van der Waals surface area contributed by atoms with Crippen molar-refractivity contribution >= 4 is 45.9 Å². The quantitative estimate of drug-likeness (QED) is 0.258. The third-order valence-corrected chi connectivity index (χ3v) is 4.94. The third-order valence-electron chi connectivity index (χ3n) is 4.45. The number of halogens is 3. The Morgan fingerprint density at radius 1 is 1.44 bits per heavy atom. The van der Waals surface area contributed by atoms with Crippen LogP contribution in [-0.4, -0.2) is 34.3 Å². The largest absolute Gasteiger partial charge is 0.356 e. The topological polar surface area (TPSA) is 67.1 Å². The van der Waals surface area contributed by atoms with Gasteiger partial charge in [0.05, 0.1) is 6.04 Å². The smallest absolute Gasteiger partial charge is 0.191 e. The highest BCUT2D eigenvalue weighted by molar-refractivity contribution is 14.0. The van der Waals surface area contributed by atoms with Gasteiger partial charge in [-0.1, -0.05) is 22.0 Å². The van der Waals surface area contributed by atoms with Crippen LogP contribution >= 0.6 is 39.9 Å². The van der Waals surface area contributed by atoms with E-state index in [-0.39, 0.29) is 35.8 Å². The lowest BCUT2D eigenvalue weighted by atomic mass is 10.1. The van der Waals surface area contributed by atoms with E-state index in [2.05, 4.69) is 41.6 Å². The number of hydrogen-bond donors (Lipinski definition) is 2. The summed E-state index contributed by atoms with van der Waals surface area (Å²) in [6, 6.07) is 5.31. The van der Waals surface area contributed by atoms with Crippen LogP contribution in [0.5, 0.6) is 0 Å². The molecule has 0 amide bonds. The molecule has 0 aliphatic carbocycles. The number of fused-ring (bicyclic) bond motifs is 1. The number of aliphatic imine (C=N–C) groups is 1. The normalized spacial score (nSPS) is 16.4. The molecule has 6 nitrogen and oxygen atoms in total. The zero-order valence-corrected chi connectivity index (χ0v) is 19.4. The number of aromatic nitrogens is 3. The van der Waals surface area contributed by atoms with Gasteiger partial charge >= 0.3 is 0 Å². The summed E-state index contributed by atoms with van der Waals surface area (Å²) in [6.07, 6.45) is 3.56. The summed E-state index contributed by atoms with van der Waals surface area (Å²) in [5.41, 5.74) is 0.730. The van der Waals surface area contributed by atoms with Crippen molar-refractivity contribution in [2.45, 2.75) is 45.2 Å². The van der Waals surface area contributed by atoms with Crippen LogP contribution in [-0.2, 0) is 13.0 Å². The van der Waals surface area contributed by atoms with Crippen LogP contribution in [0.1, 0.15) is 42.5 Å². The predicted molar refractivity (Wildman–Crippen MR) is 119 cm³/mol. The molecule has 9 heteroatoms. The van der Waals surface area contributed by atoms with Crippen LogP contribution in [0.4, 0.5) is 4.39 Å². The van der Waals surface area contributed by atoms with Gasteiger partial charge in [-0.2, -0.15) is 5.10 Å². The average molecular weight is 551 g/mol. The number of nitrogens with one attached hydrogen (secondary N) is 2. The Bertz CT molecular complexity index is 794. The first-order valence-electron chi connectivity index (χ1n) is 8.89. The van der Waals surface area contributed by atoms with Crippen LogP contribution in [0.25, 0.3) is 0 Å². The molecule has 1 unspecified atom stereocenters. The molecule has 1 aliphatic rings. The van der Waals surface area contributed by atoms with Gasteiger partial charge in [0.1, 0.15) is 17.5 Å². The van der Waals surface area contributed by atoms with E-state index < -0.39 is 0 Å². The van der Waals surface area contributed by atoms with Crippen molar-refractivity contribution in [3.05, 3.63) is 45.7 Å². The van der Waals surface area contributed by atoms with Crippen molar-refractivity contribution in [1.82, 2.24) is 25.4 Å². The Labute approximate surface area is 184 Å². The second-order valence-corrected chi connectivity index (χ2v) is 7.33. The fraction of sp³-hybridized carbons (Fsp3) is 0.500. The maximum Gasteiger partial charge on any atom is 0.191 e. The number of aryl methyl sites for hydroxylation is 3. The van der Waals surface area contributed by atoms with Gasteiger partial charge in [0.15, 0.2) is 5.96 Å². The molecule has 0 saturated heterocycles. The molecule has 0 fully saturated rings. The van der Waals surface area contributed by atoms with E-state index in [4.69, 9.17) is 0 Å². The molecule has 27 heavy (non-hydrogen) atoms. The highest BCUT2D eigenvalue weighted by Crippen LogP contribution is 2.22. The Hall–Kier alpha value is -1.23. The Kier molecular flexibility index (Phi) is 8.46. The molecule has 2 aromatic rings. The number of guanidine groups is 1. The summed E-state index contributed by atoms with van der Waals surface area (Å²) in [6.45, 7) is 3.55. The van der Waals surface area contributed by atoms with Crippen molar-refractivity contribution in [2.24, 2.45) is 4.99 Å². The van der Waals surface area contributed by atoms with E-state index in [0.717, 1.165) is 53.5 Å². The summed E-state index contributed by atoms with van der Waals surface area (Å²) >= 11 is 3.28. The van der Waals surface area contributed by atoms with Crippen molar-refractivity contribution in [1.29, 1.82) is 0 Å². The minimum atomic E-state index is -0.168. The summed E-state index contributed by atoms with van der Waals surface area (Å²) in [7, 11) is 1.75. The fourth-order valence-corrected chi connectivity index (χ4v) is 3.51. The van der Waals surface area contributed by atoms with E-state index in [1.165, 1.54) is 6.07 Å². The molecular weight excluding hydrogens is 526 g/mol. The van der Waals surface area contributed by atoms with Crippen LogP contribution in [0.3, 0.4) is 0 Å². The van der Waals surface area contributed by atoms with E-state index in [0.29, 0.717) is 13.0 Å². The summed E-state index contributed by atoms with van der Waals surface area (Å²) in [5, 5.41) is 11.2. The van der Waals surface area contributed by atoms with Gasteiger partial charge < -0.3 is 10.6 Å². The predicted octanol–water partition coefficient (Wildman–Crippen LogP) is 3.74. The molecule has 2 heterocycles. The van der Waals surface area contributed by atoms with Crippen LogP contribution in [0.2, 0.25) is 0 Å². The lowest BCUT2D eigenvalue weighted by Crippen LogP contribution is -2.42. The molecule has 2 N–H and O–H groups in total. The van der Waals surface area contributed by atoms with Crippen LogP contribution < -0.4 is 10.6 Å². The molecule has 1 atom stereocenters. The van der Waals surface area contributed by atoms with Crippen molar-refractivity contribution in [3.8, 4) is 0 Å². The number of rotatable bonds is 5. The van der Waals surface area contributed by atoms with Gasteiger partial charge in [-0.25, -0.2) is 14.1 Å². The second kappa shape index (κ2) is 10.4. The molecule has 148 valence electrons. The van der Waals surface area contributed by atoms with Crippen LogP contribution in [0, 0.1) is 12.7 Å². The Morgan fingerprint density at radius 2 is 2.26 bits per heavy atom. The van der Waals surface area contributed by atoms with E-state index in [9.17, 15) is 4.39 Å². The monoisotopic (exact) mass is 550 g/mol. The third kappa shape index (κ3) is 5.87. The standard InChI is InChI=1S/C18H24BrFN6.HI/c1-12-23-17-16(6-4-10-26(17)25-12)24-18(21-2)22-9-3-5-13-7-8-14(19)11-15(13)20;/h7-8,11,16H,3-6,9-10H2,1-2H3,(H2,21,22,24);1H. The molecule has 0 saturated carbocycles. The fourth-order valence-electron chi connectivity index (χ4n) is 3.17. The SMILES string of the molecule is CN=C(NCCCc1ccc(Br)cc1F)NC1CCCn2nc(C)nc21.I. The molecule has 1 aromatic heterocycles. The van der Waals surface area contributed by atoms with Crippen molar-refractivity contribution < 1.29 is 4.39 Å². The van der Waals surface area contributed by atoms with E-state index in [1.54, 1.807) is 7.05 Å². The molecule has 1 aromatic carbocycles. The molecule has 0 radical (unpaired) electrons. The second-order valence-electron chi connectivity index (χ2n) is 6.42. The first-order chi connectivity index (χ1) is 12.6. The number of hydrogen-bond acceptors (Lipinski definition) is 3. The van der Waals surface area contributed by atoms with Gasteiger partial charge in [0.25, 0.3) is 0 Å². The molecule has 1 aliphatic heterocycles. The molecule has 0 spiro atoms. The van der Waals surface area contributed by atoms with Gasteiger partial charge in [0, 0.05) is 24.6 Å². The zero-order chi connectivity index (χ0) is 18.5. The van der Waals surface area contributed by atoms with Crippen molar-refractivity contribution in [2.75, 3.05) is 13.6 Å². The summed E-state index contributed by atoms with van der Waals surface area (Å²) in [5.74, 6) is 2.33. The van der Waals surface area contributed by atoms with Gasteiger partial charge in [-0.05, 0) is 50.3 Å². The highest BCUT2D eigenvalue weighted by Gasteiger charge is 2.24. The first kappa shape index (κ1) is 22.1. The lowest BCUT2D eigenvalue weighted by molar-refractivity contribution is 0.397. The zero-order valence-electron chi connectivity index (χ0n) is 15.5. The number of benzene rings is 1. The van der Waals surface area contributed by atoms with E-state index in [1.807, 2.05) is 23.7 Å². The highest BCUT2D eigenvalue weighted by atomic mass is 127. The van der Waals surface area contributed by atoms with Crippen LogP contribution in [0.15, 0.2) is 27.7 Å². The maximum atomic E-state index is 13.9. The van der Waals surface area contributed by atoms with Gasteiger partial charge in [-0.15, -0.1) is 24.0 Å². The lowest BCUT2D eigenvalue weighted by Gasteiger charge is -2.25. The molecular formula is C18H25BrFIN6. The Morgan fingerprint density at radius 3 is 3.00 bits per heavy atom. The minimum absolute atomic E-state index is 0. The Balaban J connectivity index is 0.00000261. The average Bonchev–Trinajstić information content (AvgIpc) is 3.00. The molecule has 3 rings (SSSR count). The van der Waals surface area contributed by atoms with Gasteiger partial charge in [0.2, 0.25) is 0 Å².